The molecule has 0 saturated carbocycles. The maximum atomic E-state index is 10.9. The van der Waals surface area contributed by atoms with Gasteiger partial charge in [0.2, 0.25) is 0 Å². The molecule has 15 heavy (non-hydrogen) atoms. The number of nitrogens with one attached hydrogen (secondary N) is 2. The highest BCUT2D eigenvalue weighted by atomic mass is 32.2. The Balaban J connectivity index is 2.10. The molecular formula is C10H14N2O2S. The number of para-hydroxylation sites is 1. The van der Waals surface area contributed by atoms with E-state index in [4.69, 9.17) is 4.74 Å². The molecule has 5 heteroatoms. The van der Waals surface area contributed by atoms with E-state index in [0.717, 1.165) is 5.69 Å². The van der Waals surface area contributed by atoms with Crippen molar-refractivity contribution in [1.29, 1.82) is 0 Å². The number of benzene rings is 1. The van der Waals surface area contributed by atoms with E-state index in [1.54, 1.807) is 6.92 Å². The Morgan fingerprint density at radius 2 is 2.13 bits per heavy atom. The van der Waals surface area contributed by atoms with Crippen LogP contribution in [-0.4, -0.2) is 18.6 Å². The molecule has 82 valence electrons. The van der Waals surface area contributed by atoms with Crippen LogP contribution in [0.1, 0.15) is 6.92 Å². The summed E-state index contributed by atoms with van der Waals surface area (Å²) in [4.78, 5) is 10.9. The van der Waals surface area contributed by atoms with Gasteiger partial charge in [-0.3, -0.25) is 4.72 Å². The van der Waals surface area contributed by atoms with Gasteiger partial charge < -0.3 is 10.1 Å². The average Bonchev–Trinajstić information content (AvgIpc) is 2.26. The van der Waals surface area contributed by atoms with E-state index in [1.165, 1.54) is 11.9 Å². The molecule has 0 saturated heterocycles. The van der Waals surface area contributed by atoms with Gasteiger partial charge in [-0.25, -0.2) is 4.79 Å². The van der Waals surface area contributed by atoms with E-state index in [-0.39, 0.29) is 0 Å². The molecule has 0 heterocycles. The molecule has 0 bridgehead atoms. The highest BCUT2D eigenvalue weighted by Gasteiger charge is 1.98. The topological polar surface area (TPSA) is 50.4 Å². The minimum absolute atomic E-state index is 0.387. The van der Waals surface area contributed by atoms with Gasteiger partial charge >= 0.3 is 6.09 Å². The van der Waals surface area contributed by atoms with Crippen LogP contribution in [0.15, 0.2) is 30.3 Å². The van der Waals surface area contributed by atoms with Gasteiger partial charge in [0.15, 0.2) is 0 Å². The lowest BCUT2D eigenvalue weighted by atomic mass is 10.3. The molecule has 0 spiro atoms. The van der Waals surface area contributed by atoms with E-state index >= 15 is 0 Å². The van der Waals surface area contributed by atoms with E-state index in [0.29, 0.717) is 12.5 Å². The van der Waals surface area contributed by atoms with Gasteiger partial charge in [0, 0.05) is 5.69 Å². The highest BCUT2D eigenvalue weighted by molar-refractivity contribution is 7.97. The van der Waals surface area contributed by atoms with Crippen LogP contribution in [0.3, 0.4) is 0 Å². The van der Waals surface area contributed by atoms with Crippen molar-refractivity contribution < 1.29 is 9.53 Å². The highest BCUT2D eigenvalue weighted by Crippen LogP contribution is 2.06. The fraction of sp³-hybridized carbons (Fsp3) is 0.300. The average molecular weight is 226 g/mol. The van der Waals surface area contributed by atoms with Crippen LogP contribution < -0.4 is 10.0 Å². The van der Waals surface area contributed by atoms with Crippen molar-refractivity contribution in [2.45, 2.75) is 6.92 Å². The van der Waals surface area contributed by atoms with Crippen LogP contribution in [0.25, 0.3) is 0 Å². The van der Waals surface area contributed by atoms with E-state index in [1.807, 2.05) is 30.3 Å². The normalized spacial score (nSPS) is 9.40. The van der Waals surface area contributed by atoms with Crippen LogP contribution in [0, 0.1) is 0 Å². The molecule has 0 unspecified atom stereocenters. The summed E-state index contributed by atoms with van der Waals surface area (Å²) in [5.41, 5.74) is 1.02. The quantitative estimate of drug-likeness (QED) is 0.460. The standard InChI is InChI=1S/C10H14N2O2S/c1-2-14-10(13)12-15-8-11-9-6-4-3-5-7-9/h3-7,11H,2,8H2,1H3,(H,12,13). The zero-order chi connectivity index (χ0) is 10.9. The molecule has 0 fully saturated rings. The van der Waals surface area contributed by atoms with Gasteiger partial charge in [0.25, 0.3) is 0 Å². The summed E-state index contributed by atoms with van der Waals surface area (Å²) in [5.74, 6) is 0.600. The Labute approximate surface area is 93.5 Å². The first kappa shape index (κ1) is 11.7. The Morgan fingerprint density at radius 3 is 2.80 bits per heavy atom. The molecule has 1 amide bonds. The molecule has 0 aromatic heterocycles. The predicted octanol–water partition coefficient (Wildman–Crippen LogP) is 2.45. The molecule has 0 radical (unpaired) electrons. The van der Waals surface area contributed by atoms with Crippen molar-refractivity contribution in [2.75, 3.05) is 17.8 Å². The Kier molecular flexibility index (Phi) is 5.47. The molecule has 1 aromatic rings. The first-order valence-corrected chi connectivity index (χ1v) is 5.65. The minimum atomic E-state index is -0.405. The lowest BCUT2D eigenvalue weighted by molar-refractivity contribution is 0.159. The van der Waals surface area contributed by atoms with Crippen LogP contribution >= 0.6 is 11.9 Å². The maximum Gasteiger partial charge on any atom is 0.417 e. The third kappa shape index (κ3) is 5.17. The number of amides is 1. The summed E-state index contributed by atoms with van der Waals surface area (Å²) < 4.78 is 7.24. The van der Waals surface area contributed by atoms with Crippen LogP contribution in [0.2, 0.25) is 0 Å². The molecule has 0 aliphatic heterocycles. The third-order valence-corrected chi connectivity index (χ3v) is 2.15. The second-order valence-corrected chi connectivity index (χ2v) is 3.44. The zero-order valence-electron chi connectivity index (χ0n) is 8.53. The number of anilines is 1. The molecule has 0 atom stereocenters. The molecule has 2 N–H and O–H groups in total. The second kappa shape index (κ2) is 7.00. The fourth-order valence-electron chi connectivity index (χ4n) is 0.931. The Hall–Kier alpha value is -1.36. The lowest BCUT2D eigenvalue weighted by Crippen LogP contribution is -2.18. The molecule has 4 nitrogen and oxygen atoms in total. The number of carbonyl (C=O) groups excluding carboxylic acids is 1. The number of hydrogen-bond donors (Lipinski definition) is 2. The Morgan fingerprint density at radius 1 is 1.40 bits per heavy atom. The first-order valence-electron chi connectivity index (χ1n) is 4.66. The van der Waals surface area contributed by atoms with Gasteiger partial charge in [0.1, 0.15) is 0 Å². The van der Waals surface area contributed by atoms with E-state index in [9.17, 15) is 4.79 Å². The molecular weight excluding hydrogens is 212 g/mol. The van der Waals surface area contributed by atoms with Crippen molar-refractivity contribution in [3.63, 3.8) is 0 Å². The number of rotatable bonds is 5. The summed E-state index contributed by atoms with van der Waals surface area (Å²) in [7, 11) is 0. The Bertz CT molecular complexity index is 293. The fourth-order valence-corrected chi connectivity index (χ4v) is 1.42. The summed E-state index contributed by atoms with van der Waals surface area (Å²) >= 11 is 1.26. The van der Waals surface area contributed by atoms with Crippen molar-refractivity contribution in [3.8, 4) is 0 Å². The molecule has 1 aromatic carbocycles. The number of carbonyl (C=O) groups is 1. The SMILES string of the molecule is CCOC(=O)NSCNc1ccccc1. The van der Waals surface area contributed by atoms with Crippen molar-refractivity contribution in [2.24, 2.45) is 0 Å². The predicted molar refractivity (Wildman–Crippen MR) is 62.7 cm³/mol. The number of ether oxygens (including phenoxy) is 1. The number of hydrogen-bond acceptors (Lipinski definition) is 4. The third-order valence-electron chi connectivity index (χ3n) is 1.55. The largest absolute Gasteiger partial charge is 0.449 e. The van der Waals surface area contributed by atoms with Crippen LogP contribution in [0.5, 0.6) is 0 Å². The van der Waals surface area contributed by atoms with E-state index < -0.39 is 6.09 Å². The molecule has 0 aliphatic rings. The summed E-state index contributed by atoms with van der Waals surface area (Å²) in [6, 6.07) is 9.78. The van der Waals surface area contributed by atoms with Crippen LogP contribution in [-0.2, 0) is 4.74 Å². The smallest absolute Gasteiger partial charge is 0.417 e. The van der Waals surface area contributed by atoms with Crippen LogP contribution in [0.4, 0.5) is 10.5 Å². The zero-order valence-corrected chi connectivity index (χ0v) is 9.34. The van der Waals surface area contributed by atoms with Crippen molar-refractivity contribution >= 4 is 23.7 Å². The maximum absolute atomic E-state index is 10.9. The van der Waals surface area contributed by atoms with Gasteiger partial charge in [-0.05, 0) is 31.0 Å². The summed E-state index contributed by atoms with van der Waals surface area (Å²) in [6.07, 6.45) is -0.405. The summed E-state index contributed by atoms with van der Waals surface area (Å²) in [5, 5.41) is 3.13. The van der Waals surface area contributed by atoms with Gasteiger partial charge in [-0.2, -0.15) is 0 Å². The second-order valence-electron chi connectivity index (χ2n) is 2.65. The lowest BCUT2D eigenvalue weighted by Gasteiger charge is -2.06. The monoisotopic (exact) mass is 226 g/mol. The van der Waals surface area contributed by atoms with E-state index in [2.05, 4.69) is 10.0 Å². The molecule has 1 rings (SSSR count). The molecule has 0 aliphatic carbocycles. The van der Waals surface area contributed by atoms with Crippen molar-refractivity contribution in [1.82, 2.24) is 4.72 Å². The first-order chi connectivity index (χ1) is 7.33. The minimum Gasteiger partial charge on any atom is -0.449 e. The van der Waals surface area contributed by atoms with Gasteiger partial charge in [-0.1, -0.05) is 18.2 Å². The van der Waals surface area contributed by atoms with Crippen molar-refractivity contribution in [3.05, 3.63) is 30.3 Å². The van der Waals surface area contributed by atoms with Gasteiger partial charge in [0.05, 0.1) is 12.5 Å². The van der Waals surface area contributed by atoms with Gasteiger partial charge in [-0.15, -0.1) is 0 Å². The summed E-state index contributed by atoms with van der Waals surface area (Å²) in [6.45, 7) is 2.16.